The van der Waals surface area contributed by atoms with Gasteiger partial charge in [-0.05, 0) is 39.3 Å². The average Bonchev–Trinajstić information content (AvgIpc) is 2.48. The van der Waals surface area contributed by atoms with Crippen molar-refractivity contribution in [1.29, 1.82) is 0 Å². The summed E-state index contributed by atoms with van der Waals surface area (Å²) in [7, 11) is 4.29. The first-order chi connectivity index (χ1) is 9.17. The second kappa shape index (κ2) is 8.94. The molecule has 2 rings (SSSR count). The molecular weight excluding hydrogens is 234 g/mol. The summed E-state index contributed by atoms with van der Waals surface area (Å²) >= 11 is 0. The van der Waals surface area contributed by atoms with Crippen LogP contribution in [0.2, 0.25) is 0 Å². The van der Waals surface area contributed by atoms with E-state index in [0.29, 0.717) is 0 Å². The summed E-state index contributed by atoms with van der Waals surface area (Å²) in [5.41, 5.74) is 1.36. The van der Waals surface area contributed by atoms with Crippen LogP contribution in [0.15, 0.2) is 30.3 Å². The quantitative estimate of drug-likeness (QED) is 0.829. The van der Waals surface area contributed by atoms with E-state index in [2.05, 4.69) is 73.0 Å². The van der Waals surface area contributed by atoms with Crippen LogP contribution < -0.4 is 4.90 Å². The molecule has 1 heterocycles. The van der Waals surface area contributed by atoms with Gasteiger partial charge in [0.05, 0.1) is 0 Å². The van der Waals surface area contributed by atoms with Crippen molar-refractivity contribution in [2.24, 2.45) is 0 Å². The molecule has 19 heavy (non-hydrogen) atoms. The number of nitrogens with zero attached hydrogens (tertiary/aromatic N) is 3. The third-order valence-corrected chi connectivity index (χ3v) is 3.70. The molecule has 0 unspecified atom stereocenters. The Bertz CT molecular complexity index is 314. The summed E-state index contributed by atoms with van der Waals surface area (Å²) in [4.78, 5) is 7.07. The largest absolute Gasteiger partial charge is 0.369 e. The number of benzene rings is 1. The van der Waals surface area contributed by atoms with E-state index in [4.69, 9.17) is 0 Å². The second-order valence-electron chi connectivity index (χ2n) is 5.11. The summed E-state index contributed by atoms with van der Waals surface area (Å²) in [5.74, 6) is 0. The minimum atomic E-state index is 1.15. The molecule has 3 heteroatoms. The molecule has 3 nitrogen and oxygen atoms in total. The van der Waals surface area contributed by atoms with Crippen molar-refractivity contribution in [1.82, 2.24) is 9.80 Å². The van der Waals surface area contributed by atoms with Crippen molar-refractivity contribution < 1.29 is 0 Å². The van der Waals surface area contributed by atoms with Gasteiger partial charge in [-0.2, -0.15) is 0 Å². The maximum absolute atomic E-state index is 2.44. The molecule has 1 aromatic carbocycles. The lowest BCUT2D eigenvalue weighted by atomic mass is 10.2. The number of hydrogen-bond acceptors (Lipinski definition) is 3. The molecule has 0 N–H and O–H groups in total. The topological polar surface area (TPSA) is 9.72 Å². The molecule has 0 aromatic heterocycles. The molecule has 0 aliphatic carbocycles. The fourth-order valence-corrected chi connectivity index (χ4v) is 1.93. The van der Waals surface area contributed by atoms with Crippen LogP contribution in [0.4, 0.5) is 5.69 Å². The van der Waals surface area contributed by atoms with Crippen LogP contribution >= 0.6 is 0 Å². The van der Waals surface area contributed by atoms with E-state index < -0.39 is 0 Å². The van der Waals surface area contributed by atoms with E-state index in [0.717, 1.165) is 26.2 Å². The van der Waals surface area contributed by atoms with Crippen LogP contribution in [-0.4, -0.2) is 63.2 Å². The molecule has 0 bridgehead atoms. The van der Waals surface area contributed by atoms with Crippen LogP contribution in [0.25, 0.3) is 0 Å². The maximum atomic E-state index is 2.44. The molecule has 1 fully saturated rings. The molecule has 1 saturated heterocycles. The lowest BCUT2D eigenvalue weighted by Gasteiger charge is -2.33. The van der Waals surface area contributed by atoms with Crippen molar-refractivity contribution in [3.05, 3.63) is 30.3 Å². The van der Waals surface area contributed by atoms with E-state index in [-0.39, 0.29) is 0 Å². The minimum absolute atomic E-state index is 1.15. The zero-order valence-electron chi connectivity index (χ0n) is 13.0. The molecule has 0 radical (unpaired) electrons. The van der Waals surface area contributed by atoms with Gasteiger partial charge in [0, 0.05) is 31.9 Å². The Morgan fingerprint density at radius 3 is 1.89 bits per heavy atom. The smallest absolute Gasteiger partial charge is 0.0367 e. The predicted octanol–water partition coefficient (Wildman–Crippen LogP) is 2.40. The van der Waals surface area contributed by atoms with Gasteiger partial charge in [-0.15, -0.1) is 0 Å². The molecule has 0 spiro atoms. The first-order valence-corrected chi connectivity index (χ1v) is 7.34. The van der Waals surface area contributed by atoms with Crippen molar-refractivity contribution in [2.75, 3.05) is 58.3 Å². The SMILES string of the molecule is CCN(C)CC.CN1CCN(c2ccccc2)CC1. The Balaban J connectivity index is 0.000000258. The Morgan fingerprint density at radius 2 is 1.47 bits per heavy atom. The zero-order valence-corrected chi connectivity index (χ0v) is 13.0. The maximum Gasteiger partial charge on any atom is 0.0367 e. The number of anilines is 1. The van der Waals surface area contributed by atoms with Crippen molar-refractivity contribution in [3.8, 4) is 0 Å². The second-order valence-corrected chi connectivity index (χ2v) is 5.11. The highest BCUT2D eigenvalue weighted by Crippen LogP contribution is 2.14. The monoisotopic (exact) mass is 263 g/mol. The standard InChI is InChI=1S/C11H16N2.C5H13N/c1-12-7-9-13(10-8-12)11-5-3-2-4-6-11;1-4-6(3)5-2/h2-6H,7-10H2,1H3;4-5H2,1-3H3. The number of likely N-dealkylation sites (N-methyl/N-ethyl adjacent to an activating group) is 1. The number of para-hydroxylation sites is 1. The molecule has 108 valence electrons. The van der Waals surface area contributed by atoms with Crippen LogP contribution in [0.1, 0.15) is 13.8 Å². The van der Waals surface area contributed by atoms with Gasteiger partial charge >= 0.3 is 0 Å². The van der Waals surface area contributed by atoms with Crippen LogP contribution in [0.3, 0.4) is 0 Å². The summed E-state index contributed by atoms with van der Waals surface area (Å²) < 4.78 is 0. The van der Waals surface area contributed by atoms with Gasteiger partial charge in [0.15, 0.2) is 0 Å². The van der Waals surface area contributed by atoms with Gasteiger partial charge in [-0.3, -0.25) is 0 Å². The third-order valence-electron chi connectivity index (χ3n) is 3.70. The van der Waals surface area contributed by atoms with E-state index in [1.807, 2.05) is 0 Å². The molecule has 1 aliphatic heterocycles. The lowest BCUT2D eigenvalue weighted by Crippen LogP contribution is -2.44. The predicted molar refractivity (Wildman–Crippen MR) is 85.0 cm³/mol. The normalized spacial score (nSPS) is 16.2. The Morgan fingerprint density at radius 1 is 0.947 bits per heavy atom. The molecule has 1 aliphatic rings. The zero-order chi connectivity index (χ0) is 14.1. The Hall–Kier alpha value is -1.06. The number of rotatable bonds is 3. The van der Waals surface area contributed by atoms with Crippen LogP contribution in [0, 0.1) is 0 Å². The Kier molecular flexibility index (Phi) is 7.53. The van der Waals surface area contributed by atoms with E-state index in [1.54, 1.807) is 0 Å². The van der Waals surface area contributed by atoms with Crippen LogP contribution in [0.5, 0.6) is 0 Å². The van der Waals surface area contributed by atoms with E-state index >= 15 is 0 Å². The van der Waals surface area contributed by atoms with Crippen molar-refractivity contribution in [2.45, 2.75) is 13.8 Å². The highest BCUT2D eigenvalue weighted by atomic mass is 15.2. The van der Waals surface area contributed by atoms with Gasteiger partial charge in [0.2, 0.25) is 0 Å². The third kappa shape index (κ3) is 6.08. The number of hydrogen-bond donors (Lipinski definition) is 0. The molecule has 0 atom stereocenters. The van der Waals surface area contributed by atoms with Crippen molar-refractivity contribution >= 4 is 5.69 Å². The molecule has 0 saturated carbocycles. The first-order valence-electron chi connectivity index (χ1n) is 7.34. The van der Waals surface area contributed by atoms with Gasteiger partial charge in [0.25, 0.3) is 0 Å². The van der Waals surface area contributed by atoms with Gasteiger partial charge in [-0.25, -0.2) is 0 Å². The minimum Gasteiger partial charge on any atom is -0.369 e. The molecule has 0 amide bonds. The molecular formula is C16H29N3. The van der Waals surface area contributed by atoms with Crippen LogP contribution in [-0.2, 0) is 0 Å². The summed E-state index contributed by atoms with van der Waals surface area (Å²) in [5, 5.41) is 0. The number of piperazine rings is 1. The summed E-state index contributed by atoms with van der Waals surface area (Å²) in [6.07, 6.45) is 0. The van der Waals surface area contributed by atoms with E-state index in [9.17, 15) is 0 Å². The summed E-state index contributed by atoms with van der Waals surface area (Å²) in [6.45, 7) is 11.3. The Labute approximate surface area is 118 Å². The van der Waals surface area contributed by atoms with Crippen molar-refractivity contribution in [3.63, 3.8) is 0 Å². The first kappa shape index (κ1) is 16.0. The average molecular weight is 263 g/mol. The lowest BCUT2D eigenvalue weighted by molar-refractivity contribution is 0.313. The highest BCUT2D eigenvalue weighted by molar-refractivity contribution is 5.46. The highest BCUT2D eigenvalue weighted by Gasteiger charge is 2.13. The fraction of sp³-hybridized carbons (Fsp3) is 0.625. The molecule has 1 aromatic rings. The van der Waals surface area contributed by atoms with Gasteiger partial charge in [-0.1, -0.05) is 32.0 Å². The fourth-order valence-electron chi connectivity index (χ4n) is 1.93. The van der Waals surface area contributed by atoms with Gasteiger partial charge in [0.1, 0.15) is 0 Å². The van der Waals surface area contributed by atoms with Gasteiger partial charge < -0.3 is 14.7 Å². The summed E-state index contributed by atoms with van der Waals surface area (Å²) in [6, 6.07) is 10.7. The van der Waals surface area contributed by atoms with E-state index in [1.165, 1.54) is 18.8 Å².